The van der Waals surface area contributed by atoms with Crippen molar-refractivity contribution in [2.24, 2.45) is 5.92 Å². The maximum Gasteiger partial charge on any atom is 0.229 e. The van der Waals surface area contributed by atoms with Crippen LogP contribution in [0.3, 0.4) is 0 Å². The Morgan fingerprint density at radius 2 is 1.92 bits per heavy atom. The highest BCUT2D eigenvalue weighted by atomic mass is 32.1. The number of carbonyl (C=O) groups excluding carboxylic acids is 1. The second-order valence-electron chi connectivity index (χ2n) is 7.70. The maximum absolute atomic E-state index is 12.5. The smallest absolute Gasteiger partial charge is 0.229 e. The van der Waals surface area contributed by atoms with Crippen LogP contribution < -0.4 is 5.32 Å². The van der Waals surface area contributed by atoms with Gasteiger partial charge in [0.25, 0.3) is 0 Å². The Morgan fingerprint density at radius 3 is 2.58 bits per heavy atom. The molecule has 0 aliphatic heterocycles. The van der Waals surface area contributed by atoms with Crippen LogP contribution in [-0.4, -0.2) is 16.1 Å². The third-order valence-corrected chi connectivity index (χ3v) is 6.60. The quantitative estimate of drug-likeness (QED) is 0.664. The van der Waals surface area contributed by atoms with E-state index in [1.165, 1.54) is 22.5 Å². The Morgan fingerprint density at radius 1 is 1.15 bits per heavy atom. The van der Waals surface area contributed by atoms with Crippen LogP contribution in [0.4, 0.5) is 5.13 Å². The minimum atomic E-state index is 0.0320. The van der Waals surface area contributed by atoms with Crippen LogP contribution in [0.5, 0.6) is 0 Å². The molecule has 3 aromatic rings. The molecule has 1 aliphatic rings. The lowest BCUT2D eigenvalue weighted by Gasteiger charge is -2.19. The van der Waals surface area contributed by atoms with E-state index in [1.807, 2.05) is 17.5 Å². The number of benzene rings is 1. The first-order valence-corrected chi connectivity index (χ1v) is 10.4. The number of carbonyl (C=O) groups is 1. The predicted molar refractivity (Wildman–Crippen MR) is 108 cm³/mol. The Kier molecular flexibility index (Phi) is 4.40. The number of aromatic nitrogens is 2. The molecule has 2 heterocycles. The van der Waals surface area contributed by atoms with Gasteiger partial charge in [0, 0.05) is 5.92 Å². The molecule has 1 saturated carbocycles. The molecule has 134 valence electrons. The third-order valence-electron chi connectivity index (χ3n) is 4.72. The van der Waals surface area contributed by atoms with E-state index < -0.39 is 0 Å². The summed E-state index contributed by atoms with van der Waals surface area (Å²) in [6, 6.07) is 12.7. The second-order valence-corrected chi connectivity index (χ2v) is 9.62. The molecule has 0 unspecified atom stereocenters. The first-order valence-electron chi connectivity index (χ1n) is 8.70. The highest BCUT2D eigenvalue weighted by Gasteiger charge is 2.44. The summed E-state index contributed by atoms with van der Waals surface area (Å²) in [5.41, 5.74) is 2.71. The normalized spacial score (nSPS) is 19.3. The number of anilines is 1. The summed E-state index contributed by atoms with van der Waals surface area (Å²) in [7, 11) is 0. The van der Waals surface area contributed by atoms with E-state index in [-0.39, 0.29) is 17.2 Å². The van der Waals surface area contributed by atoms with E-state index in [2.05, 4.69) is 60.6 Å². The third kappa shape index (κ3) is 3.57. The average molecular weight is 384 g/mol. The number of hydrogen-bond acceptors (Lipinski definition) is 5. The zero-order valence-corrected chi connectivity index (χ0v) is 16.7. The van der Waals surface area contributed by atoms with Gasteiger partial charge in [0.15, 0.2) is 5.01 Å². The molecular weight excluding hydrogens is 362 g/mol. The van der Waals surface area contributed by atoms with Gasteiger partial charge in [0.05, 0.1) is 4.88 Å². The molecule has 1 fully saturated rings. The summed E-state index contributed by atoms with van der Waals surface area (Å²) < 4.78 is 0. The van der Waals surface area contributed by atoms with Crippen LogP contribution in [0, 0.1) is 5.92 Å². The summed E-state index contributed by atoms with van der Waals surface area (Å²) in [4.78, 5) is 13.6. The minimum absolute atomic E-state index is 0.0320. The molecule has 2 atom stereocenters. The molecule has 1 aromatic carbocycles. The largest absolute Gasteiger partial charge is 0.300 e. The minimum Gasteiger partial charge on any atom is -0.300 e. The fourth-order valence-electron chi connectivity index (χ4n) is 3.06. The lowest BCUT2D eigenvalue weighted by atomic mass is 9.86. The van der Waals surface area contributed by atoms with Gasteiger partial charge < -0.3 is 5.32 Å². The van der Waals surface area contributed by atoms with Crippen LogP contribution in [-0.2, 0) is 10.2 Å². The summed E-state index contributed by atoms with van der Waals surface area (Å²) in [5.74, 6) is 0.391. The Bertz CT molecular complexity index is 907. The van der Waals surface area contributed by atoms with Gasteiger partial charge in [-0.05, 0) is 40.3 Å². The van der Waals surface area contributed by atoms with Gasteiger partial charge in [-0.3, -0.25) is 4.79 Å². The summed E-state index contributed by atoms with van der Waals surface area (Å²) in [6.07, 6.45) is 0.900. The van der Waals surface area contributed by atoms with Crippen molar-refractivity contribution < 1.29 is 4.79 Å². The lowest BCUT2D eigenvalue weighted by Crippen LogP contribution is -2.14. The Balaban J connectivity index is 1.38. The van der Waals surface area contributed by atoms with E-state index in [0.717, 1.165) is 16.3 Å². The fraction of sp³-hybridized carbons (Fsp3) is 0.350. The van der Waals surface area contributed by atoms with Crippen LogP contribution in [0.25, 0.3) is 9.88 Å². The zero-order chi connectivity index (χ0) is 18.3. The van der Waals surface area contributed by atoms with Crippen molar-refractivity contribution in [3.63, 3.8) is 0 Å². The number of hydrogen-bond donors (Lipinski definition) is 1. The molecule has 0 spiro atoms. The van der Waals surface area contributed by atoms with Crippen molar-refractivity contribution in [2.45, 2.75) is 38.5 Å². The highest BCUT2D eigenvalue weighted by Crippen LogP contribution is 2.48. The molecule has 0 saturated heterocycles. The van der Waals surface area contributed by atoms with Crippen LogP contribution in [0.15, 0.2) is 41.8 Å². The molecule has 6 heteroatoms. The van der Waals surface area contributed by atoms with Crippen LogP contribution >= 0.6 is 22.7 Å². The predicted octanol–water partition coefficient (Wildman–Crippen LogP) is 5.31. The monoisotopic (exact) mass is 383 g/mol. The van der Waals surface area contributed by atoms with Gasteiger partial charge in [-0.15, -0.1) is 21.5 Å². The molecule has 4 rings (SSSR count). The van der Waals surface area contributed by atoms with E-state index >= 15 is 0 Å². The van der Waals surface area contributed by atoms with Crippen molar-refractivity contribution in [3.8, 4) is 9.88 Å². The van der Waals surface area contributed by atoms with Crippen LogP contribution in [0.1, 0.15) is 44.2 Å². The van der Waals surface area contributed by atoms with Crippen molar-refractivity contribution in [1.29, 1.82) is 0 Å². The number of rotatable bonds is 4. The number of nitrogens with one attached hydrogen (secondary N) is 1. The molecule has 2 aromatic heterocycles. The summed E-state index contributed by atoms with van der Waals surface area (Å²) in [5, 5.41) is 14.6. The van der Waals surface area contributed by atoms with Gasteiger partial charge in [0.1, 0.15) is 0 Å². The number of thiophene rings is 1. The Labute approximate surface area is 161 Å². The van der Waals surface area contributed by atoms with Crippen molar-refractivity contribution in [1.82, 2.24) is 10.2 Å². The molecule has 4 nitrogen and oxygen atoms in total. The summed E-state index contributed by atoms with van der Waals surface area (Å²) in [6.45, 7) is 6.63. The lowest BCUT2D eigenvalue weighted by molar-refractivity contribution is -0.117. The summed E-state index contributed by atoms with van der Waals surface area (Å²) >= 11 is 3.04. The van der Waals surface area contributed by atoms with E-state index in [9.17, 15) is 4.79 Å². The first kappa shape index (κ1) is 17.4. The van der Waals surface area contributed by atoms with Crippen molar-refractivity contribution in [2.75, 3.05) is 5.32 Å². The van der Waals surface area contributed by atoms with Gasteiger partial charge in [0.2, 0.25) is 11.0 Å². The fourth-order valence-corrected chi connectivity index (χ4v) is 4.59. The molecule has 1 aliphatic carbocycles. The molecular formula is C20H21N3OS2. The zero-order valence-electron chi connectivity index (χ0n) is 15.0. The van der Waals surface area contributed by atoms with Gasteiger partial charge in [-0.2, -0.15) is 0 Å². The van der Waals surface area contributed by atoms with Crippen LogP contribution in [0.2, 0.25) is 0 Å². The van der Waals surface area contributed by atoms with E-state index in [4.69, 9.17) is 0 Å². The van der Waals surface area contributed by atoms with E-state index in [1.54, 1.807) is 11.3 Å². The topological polar surface area (TPSA) is 54.9 Å². The molecule has 0 bridgehead atoms. The number of amides is 1. The second kappa shape index (κ2) is 6.59. The molecule has 0 radical (unpaired) electrons. The Hall–Kier alpha value is -2.05. The standard InChI is InChI=1S/C20H21N3OS2/c1-20(2,3)13-8-6-12(7-9-13)14-11-15(14)17(24)21-19-23-22-18(26-19)16-5-4-10-25-16/h4-10,14-15H,11H2,1-3H3,(H,21,23,24)/t14-,15-/m0/s1. The van der Waals surface area contributed by atoms with Crippen molar-refractivity contribution in [3.05, 3.63) is 52.9 Å². The highest BCUT2D eigenvalue weighted by molar-refractivity contribution is 7.23. The first-order chi connectivity index (χ1) is 12.4. The SMILES string of the molecule is CC(C)(C)c1ccc([C@@H]2C[C@@H]2C(=O)Nc2nnc(-c3cccs3)s2)cc1. The maximum atomic E-state index is 12.5. The van der Waals surface area contributed by atoms with Crippen molar-refractivity contribution >= 4 is 33.7 Å². The molecule has 26 heavy (non-hydrogen) atoms. The van der Waals surface area contributed by atoms with E-state index in [0.29, 0.717) is 11.0 Å². The van der Waals surface area contributed by atoms with Gasteiger partial charge >= 0.3 is 0 Å². The molecule has 1 N–H and O–H groups in total. The van der Waals surface area contributed by atoms with Gasteiger partial charge in [-0.1, -0.05) is 62.4 Å². The van der Waals surface area contributed by atoms with Gasteiger partial charge in [-0.25, -0.2) is 0 Å². The average Bonchev–Trinajstić information content (AvgIpc) is 3.00. The number of nitrogens with zero attached hydrogens (tertiary/aromatic N) is 2. The molecule has 1 amide bonds.